The molecule has 0 bridgehead atoms. The van der Waals surface area contributed by atoms with Gasteiger partial charge < -0.3 is 14.5 Å². The van der Waals surface area contributed by atoms with Crippen molar-refractivity contribution in [3.63, 3.8) is 0 Å². The van der Waals surface area contributed by atoms with Crippen LogP contribution in [0.3, 0.4) is 0 Å². The molecule has 0 spiro atoms. The number of carbonyl (C=O) groups is 2. The Hall–Kier alpha value is -3.58. The lowest BCUT2D eigenvalue weighted by Crippen LogP contribution is -2.61. The maximum atomic E-state index is 13.3. The fourth-order valence-electron chi connectivity index (χ4n) is 4.01. The van der Waals surface area contributed by atoms with Crippen molar-refractivity contribution in [3.8, 4) is 11.1 Å². The van der Waals surface area contributed by atoms with Crippen LogP contribution in [0.5, 0.6) is 0 Å². The lowest BCUT2D eigenvalue weighted by atomic mass is 9.90. The first-order chi connectivity index (χ1) is 15.5. The number of morpholine rings is 1. The van der Waals surface area contributed by atoms with Gasteiger partial charge in [-0.2, -0.15) is 0 Å². The number of rotatable bonds is 5. The molecule has 1 aliphatic rings. The Bertz CT molecular complexity index is 1070. The molecule has 1 fully saturated rings. The van der Waals surface area contributed by atoms with Crippen LogP contribution in [0, 0.1) is 0 Å². The molecule has 1 saturated heterocycles. The molecule has 2 amide bonds. The normalized spacial score (nSPS) is 18.2. The molecule has 1 aromatic carbocycles. The molecular formula is C25H26N4O3. The summed E-state index contributed by atoms with van der Waals surface area (Å²) in [5, 5.41) is 0. The lowest BCUT2D eigenvalue weighted by Gasteiger charge is -2.42. The molecule has 2 aromatic heterocycles. The van der Waals surface area contributed by atoms with E-state index in [0.717, 1.165) is 16.7 Å². The van der Waals surface area contributed by atoms with Crippen LogP contribution in [0.4, 0.5) is 0 Å². The molecule has 0 aliphatic carbocycles. The quantitative estimate of drug-likeness (QED) is 0.622. The number of ether oxygens (including phenoxy) is 1. The first kappa shape index (κ1) is 21.6. The zero-order chi connectivity index (χ0) is 22.6. The minimum Gasteiger partial charge on any atom is -0.361 e. The van der Waals surface area contributed by atoms with Gasteiger partial charge in [-0.25, -0.2) is 0 Å². The Balaban J connectivity index is 1.59. The molecule has 1 atom stereocenters. The Labute approximate surface area is 187 Å². The largest absolute Gasteiger partial charge is 0.361 e. The highest BCUT2D eigenvalue weighted by Crippen LogP contribution is 2.28. The van der Waals surface area contributed by atoms with E-state index in [1.165, 1.54) is 4.90 Å². The maximum absolute atomic E-state index is 13.3. The summed E-state index contributed by atoms with van der Waals surface area (Å²) in [6.45, 7) is 0.869. The third-order valence-electron chi connectivity index (χ3n) is 5.59. The number of hydrogen-bond acceptors (Lipinski definition) is 5. The number of nitrogens with zero attached hydrogens (tertiary/aromatic N) is 4. The van der Waals surface area contributed by atoms with Gasteiger partial charge in [0.15, 0.2) is 5.60 Å². The van der Waals surface area contributed by atoms with Gasteiger partial charge in [0.1, 0.15) is 5.69 Å². The predicted molar refractivity (Wildman–Crippen MR) is 121 cm³/mol. The minimum absolute atomic E-state index is 0.160. The van der Waals surface area contributed by atoms with Crippen molar-refractivity contribution in [2.24, 2.45) is 0 Å². The maximum Gasteiger partial charge on any atom is 0.272 e. The summed E-state index contributed by atoms with van der Waals surface area (Å²) < 4.78 is 6.11. The van der Waals surface area contributed by atoms with Crippen molar-refractivity contribution in [2.75, 3.05) is 33.8 Å². The van der Waals surface area contributed by atoms with E-state index in [9.17, 15) is 9.59 Å². The second kappa shape index (κ2) is 9.28. The molecule has 3 aromatic rings. The second-order valence-electron chi connectivity index (χ2n) is 8.10. The molecule has 0 N–H and O–H groups in total. The number of pyridine rings is 2. The van der Waals surface area contributed by atoms with Crippen molar-refractivity contribution < 1.29 is 14.3 Å². The molecule has 0 saturated carbocycles. The van der Waals surface area contributed by atoms with Crippen LogP contribution in [0.15, 0.2) is 73.2 Å². The third kappa shape index (κ3) is 4.53. The smallest absolute Gasteiger partial charge is 0.272 e. The number of amides is 2. The van der Waals surface area contributed by atoms with E-state index in [1.807, 2.05) is 42.6 Å². The summed E-state index contributed by atoms with van der Waals surface area (Å²) in [4.78, 5) is 37.8. The topological polar surface area (TPSA) is 75.6 Å². The summed E-state index contributed by atoms with van der Waals surface area (Å²) in [6, 6.07) is 17.2. The molecule has 3 heterocycles. The number of hydrogen-bond donors (Lipinski definition) is 0. The number of likely N-dealkylation sites (N-methyl/N-ethyl adjacent to an activating group) is 1. The van der Waals surface area contributed by atoms with Gasteiger partial charge in [-0.15, -0.1) is 0 Å². The average Bonchev–Trinajstić information content (AvgIpc) is 2.84. The number of benzene rings is 1. The summed E-state index contributed by atoms with van der Waals surface area (Å²) in [5.41, 5.74) is 2.24. The van der Waals surface area contributed by atoms with E-state index in [4.69, 9.17) is 4.74 Å². The summed E-state index contributed by atoms with van der Waals surface area (Å²) in [5.74, 6) is -0.357. The van der Waals surface area contributed by atoms with E-state index in [0.29, 0.717) is 18.7 Å². The van der Waals surface area contributed by atoms with Crippen molar-refractivity contribution in [3.05, 3.63) is 84.4 Å². The second-order valence-corrected chi connectivity index (χ2v) is 8.10. The number of carbonyl (C=O) groups excluding carboxylic acids is 2. The van der Waals surface area contributed by atoms with E-state index in [-0.39, 0.29) is 25.0 Å². The van der Waals surface area contributed by atoms with Gasteiger partial charge in [0, 0.05) is 45.7 Å². The number of aromatic nitrogens is 2. The predicted octanol–water partition coefficient (Wildman–Crippen LogP) is 2.69. The van der Waals surface area contributed by atoms with Crippen LogP contribution in [0.1, 0.15) is 16.1 Å². The van der Waals surface area contributed by atoms with Crippen LogP contribution in [0.2, 0.25) is 0 Å². The standard InChI is InChI=1S/C25H26N4O3/c1-28(2)24(31)25(16-19-8-10-20(11-9-19)21-6-5-12-26-17-21)18-29(14-15-32-25)23(30)22-7-3-4-13-27-22/h3-13,17H,14-16,18H2,1-2H3/t25-/m1/s1. The monoisotopic (exact) mass is 430 g/mol. The van der Waals surface area contributed by atoms with Gasteiger partial charge in [0.25, 0.3) is 11.8 Å². The van der Waals surface area contributed by atoms with E-state index < -0.39 is 5.60 Å². The van der Waals surface area contributed by atoms with Crippen LogP contribution >= 0.6 is 0 Å². The summed E-state index contributed by atoms with van der Waals surface area (Å²) in [6.07, 6.45) is 5.52. The van der Waals surface area contributed by atoms with E-state index in [2.05, 4.69) is 9.97 Å². The Kier molecular flexibility index (Phi) is 6.28. The fourth-order valence-corrected chi connectivity index (χ4v) is 4.01. The first-order valence-corrected chi connectivity index (χ1v) is 10.5. The summed E-state index contributed by atoms with van der Waals surface area (Å²) in [7, 11) is 3.41. The molecule has 1 aliphatic heterocycles. The molecule has 0 radical (unpaired) electrons. The average molecular weight is 431 g/mol. The Morgan fingerprint density at radius 2 is 1.84 bits per heavy atom. The Morgan fingerprint density at radius 3 is 2.50 bits per heavy atom. The van der Waals surface area contributed by atoms with Crippen LogP contribution in [-0.4, -0.2) is 71.0 Å². The zero-order valence-corrected chi connectivity index (χ0v) is 18.3. The van der Waals surface area contributed by atoms with Crippen LogP contribution in [-0.2, 0) is 16.0 Å². The molecule has 32 heavy (non-hydrogen) atoms. The van der Waals surface area contributed by atoms with Crippen molar-refractivity contribution in [1.82, 2.24) is 19.8 Å². The molecule has 0 unspecified atom stereocenters. The summed E-state index contributed by atoms with van der Waals surface area (Å²) >= 11 is 0. The molecule has 7 heteroatoms. The SMILES string of the molecule is CN(C)C(=O)[C@@]1(Cc2ccc(-c3cccnc3)cc2)CN(C(=O)c2ccccn2)CCO1. The van der Waals surface area contributed by atoms with Gasteiger partial charge in [-0.05, 0) is 34.9 Å². The van der Waals surface area contributed by atoms with Crippen molar-refractivity contribution in [2.45, 2.75) is 12.0 Å². The van der Waals surface area contributed by atoms with E-state index in [1.54, 1.807) is 49.6 Å². The van der Waals surface area contributed by atoms with Gasteiger partial charge >= 0.3 is 0 Å². The van der Waals surface area contributed by atoms with Crippen LogP contribution < -0.4 is 0 Å². The lowest BCUT2D eigenvalue weighted by molar-refractivity contribution is -0.165. The first-order valence-electron chi connectivity index (χ1n) is 10.5. The zero-order valence-electron chi connectivity index (χ0n) is 18.3. The highest BCUT2D eigenvalue weighted by atomic mass is 16.5. The van der Waals surface area contributed by atoms with Gasteiger partial charge in [-0.1, -0.05) is 36.4 Å². The Morgan fingerprint density at radius 1 is 1.03 bits per heavy atom. The highest BCUT2D eigenvalue weighted by molar-refractivity contribution is 5.93. The molecule has 4 rings (SSSR count). The molecule has 7 nitrogen and oxygen atoms in total. The highest BCUT2D eigenvalue weighted by Gasteiger charge is 2.46. The van der Waals surface area contributed by atoms with Crippen LogP contribution in [0.25, 0.3) is 11.1 Å². The van der Waals surface area contributed by atoms with Gasteiger partial charge in [0.05, 0.1) is 13.2 Å². The fraction of sp³-hybridized carbons (Fsp3) is 0.280. The van der Waals surface area contributed by atoms with Gasteiger partial charge in [0.2, 0.25) is 0 Å². The van der Waals surface area contributed by atoms with Gasteiger partial charge in [-0.3, -0.25) is 19.6 Å². The van der Waals surface area contributed by atoms with Crippen molar-refractivity contribution in [1.29, 1.82) is 0 Å². The van der Waals surface area contributed by atoms with E-state index >= 15 is 0 Å². The third-order valence-corrected chi connectivity index (χ3v) is 5.59. The molecule has 164 valence electrons. The van der Waals surface area contributed by atoms with Crippen molar-refractivity contribution >= 4 is 11.8 Å². The minimum atomic E-state index is -1.15. The molecular weight excluding hydrogens is 404 g/mol.